The van der Waals surface area contributed by atoms with Crippen LogP contribution < -0.4 is 0 Å². The van der Waals surface area contributed by atoms with Gasteiger partial charge in [0.25, 0.3) is 0 Å². The molecule has 1 atom stereocenters. The lowest BCUT2D eigenvalue weighted by Crippen LogP contribution is -2.30. The van der Waals surface area contributed by atoms with Gasteiger partial charge < -0.3 is 9.84 Å². The Bertz CT molecular complexity index is 131. The lowest BCUT2D eigenvalue weighted by atomic mass is 9.78. The molecular weight excluding hydrogens is 140 g/mol. The number of aliphatic hydroxyl groups excluding tert-OH is 1. The van der Waals surface area contributed by atoms with Gasteiger partial charge in [0.05, 0.1) is 12.2 Å². The number of hydrogen-bond acceptors (Lipinski definition) is 2. The maximum Gasteiger partial charge on any atom is 0.0965 e. The summed E-state index contributed by atoms with van der Waals surface area (Å²) in [5, 5.41) is 8.67. The first-order valence-electron chi connectivity index (χ1n) is 4.27. The number of epoxide rings is 1. The van der Waals surface area contributed by atoms with Crippen molar-refractivity contribution in [1.29, 1.82) is 0 Å². The zero-order chi connectivity index (χ0) is 8.54. The zero-order valence-corrected chi connectivity index (χ0v) is 7.68. The van der Waals surface area contributed by atoms with E-state index in [0.717, 1.165) is 19.4 Å². The smallest absolute Gasteiger partial charge is 0.0965 e. The molecule has 0 amide bonds. The van der Waals surface area contributed by atoms with E-state index in [-0.39, 0.29) is 17.6 Å². The minimum Gasteiger partial charge on any atom is -0.396 e. The third kappa shape index (κ3) is 1.74. The molecule has 1 aliphatic heterocycles. The molecule has 2 nitrogen and oxygen atoms in total. The first kappa shape index (κ1) is 9.01. The van der Waals surface area contributed by atoms with Crippen molar-refractivity contribution in [3.8, 4) is 0 Å². The van der Waals surface area contributed by atoms with E-state index in [2.05, 4.69) is 20.8 Å². The Morgan fingerprint density at radius 2 is 2.00 bits per heavy atom. The van der Waals surface area contributed by atoms with Gasteiger partial charge in [0.15, 0.2) is 0 Å². The van der Waals surface area contributed by atoms with E-state index < -0.39 is 0 Å². The average molecular weight is 158 g/mol. The Morgan fingerprint density at radius 3 is 2.27 bits per heavy atom. The molecular formula is C9H18O2. The highest BCUT2D eigenvalue weighted by atomic mass is 16.6. The Morgan fingerprint density at radius 1 is 1.45 bits per heavy atom. The van der Waals surface area contributed by atoms with Crippen LogP contribution >= 0.6 is 0 Å². The first-order chi connectivity index (χ1) is 5.02. The normalized spacial score (nSPS) is 30.5. The highest BCUT2D eigenvalue weighted by molar-refractivity contribution is 5.01. The van der Waals surface area contributed by atoms with E-state index in [9.17, 15) is 0 Å². The summed E-state index contributed by atoms with van der Waals surface area (Å²) < 4.78 is 5.45. The SMILES string of the molecule is CC(C)(C)C1(CCCO)CO1. The number of hydrogen-bond donors (Lipinski definition) is 1. The van der Waals surface area contributed by atoms with Crippen molar-refractivity contribution < 1.29 is 9.84 Å². The molecule has 0 aromatic rings. The van der Waals surface area contributed by atoms with E-state index in [1.807, 2.05) is 0 Å². The van der Waals surface area contributed by atoms with Crippen LogP contribution in [0.15, 0.2) is 0 Å². The van der Waals surface area contributed by atoms with Crippen molar-refractivity contribution >= 4 is 0 Å². The molecule has 1 rings (SSSR count). The minimum absolute atomic E-state index is 0.0791. The van der Waals surface area contributed by atoms with Gasteiger partial charge in [-0.1, -0.05) is 20.8 Å². The Labute approximate surface area is 68.6 Å². The molecule has 1 N–H and O–H groups in total. The lowest BCUT2D eigenvalue weighted by Gasteiger charge is -2.27. The molecule has 1 saturated heterocycles. The Kier molecular flexibility index (Phi) is 2.26. The molecule has 11 heavy (non-hydrogen) atoms. The van der Waals surface area contributed by atoms with Gasteiger partial charge in [-0.15, -0.1) is 0 Å². The van der Waals surface area contributed by atoms with Crippen molar-refractivity contribution in [1.82, 2.24) is 0 Å². The van der Waals surface area contributed by atoms with E-state index >= 15 is 0 Å². The molecule has 0 aliphatic carbocycles. The van der Waals surface area contributed by atoms with Gasteiger partial charge in [-0.05, 0) is 18.3 Å². The van der Waals surface area contributed by atoms with Gasteiger partial charge in [-0.2, -0.15) is 0 Å². The van der Waals surface area contributed by atoms with Crippen LogP contribution in [0.3, 0.4) is 0 Å². The average Bonchev–Trinajstić information content (AvgIpc) is 2.61. The van der Waals surface area contributed by atoms with E-state index in [0.29, 0.717) is 0 Å². The molecule has 0 saturated carbocycles. The molecule has 1 aliphatic rings. The second-order valence-corrected chi connectivity index (χ2v) is 4.36. The van der Waals surface area contributed by atoms with Crippen molar-refractivity contribution in [3.63, 3.8) is 0 Å². The van der Waals surface area contributed by atoms with Crippen LogP contribution in [-0.4, -0.2) is 23.9 Å². The summed E-state index contributed by atoms with van der Waals surface area (Å²) in [6.07, 6.45) is 1.85. The predicted octanol–water partition coefficient (Wildman–Crippen LogP) is 1.57. The molecule has 1 unspecified atom stereocenters. The van der Waals surface area contributed by atoms with Crippen molar-refractivity contribution in [3.05, 3.63) is 0 Å². The lowest BCUT2D eigenvalue weighted by molar-refractivity contribution is 0.133. The molecule has 1 fully saturated rings. The third-order valence-electron chi connectivity index (χ3n) is 2.60. The van der Waals surface area contributed by atoms with Gasteiger partial charge in [-0.25, -0.2) is 0 Å². The standard InChI is InChI=1S/C9H18O2/c1-8(2,3)9(7-11-9)5-4-6-10/h10H,4-7H2,1-3H3. The van der Waals surface area contributed by atoms with E-state index in [4.69, 9.17) is 9.84 Å². The summed E-state index contributed by atoms with van der Waals surface area (Å²) in [6, 6.07) is 0. The largest absolute Gasteiger partial charge is 0.396 e. The summed E-state index contributed by atoms with van der Waals surface area (Å²) in [6.45, 7) is 7.73. The second-order valence-electron chi connectivity index (χ2n) is 4.36. The van der Waals surface area contributed by atoms with Crippen LogP contribution in [0.25, 0.3) is 0 Å². The molecule has 0 spiro atoms. The summed E-state index contributed by atoms with van der Waals surface area (Å²) in [7, 11) is 0. The van der Waals surface area contributed by atoms with E-state index in [1.165, 1.54) is 0 Å². The zero-order valence-electron chi connectivity index (χ0n) is 7.68. The van der Waals surface area contributed by atoms with Crippen LogP contribution in [0.1, 0.15) is 33.6 Å². The second kappa shape index (κ2) is 2.76. The molecule has 0 aromatic carbocycles. The number of aliphatic hydroxyl groups is 1. The Balaban J connectivity index is 2.41. The fraction of sp³-hybridized carbons (Fsp3) is 1.00. The molecule has 66 valence electrons. The number of ether oxygens (including phenoxy) is 1. The quantitative estimate of drug-likeness (QED) is 0.632. The summed E-state index contributed by atoms with van der Waals surface area (Å²) in [5.74, 6) is 0. The highest BCUT2D eigenvalue weighted by Gasteiger charge is 2.53. The fourth-order valence-corrected chi connectivity index (χ4v) is 1.40. The fourth-order valence-electron chi connectivity index (χ4n) is 1.40. The predicted molar refractivity (Wildman–Crippen MR) is 44.5 cm³/mol. The molecule has 0 bridgehead atoms. The first-order valence-corrected chi connectivity index (χ1v) is 4.27. The highest BCUT2D eigenvalue weighted by Crippen LogP contribution is 2.47. The van der Waals surface area contributed by atoms with Gasteiger partial charge in [0.1, 0.15) is 0 Å². The molecule has 0 radical (unpaired) electrons. The van der Waals surface area contributed by atoms with Crippen LogP contribution in [-0.2, 0) is 4.74 Å². The van der Waals surface area contributed by atoms with E-state index in [1.54, 1.807) is 0 Å². The van der Waals surface area contributed by atoms with Crippen molar-refractivity contribution in [2.75, 3.05) is 13.2 Å². The van der Waals surface area contributed by atoms with Crippen LogP contribution in [0.4, 0.5) is 0 Å². The molecule has 0 aromatic heterocycles. The summed E-state index contributed by atoms with van der Waals surface area (Å²) in [4.78, 5) is 0. The molecule has 1 heterocycles. The Hall–Kier alpha value is -0.0800. The van der Waals surface area contributed by atoms with Gasteiger partial charge in [-0.3, -0.25) is 0 Å². The third-order valence-corrected chi connectivity index (χ3v) is 2.60. The maximum atomic E-state index is 8.67. The monoisotopic (exact) mass is 158 g/mol. The van der Waals surface area contributed by atoms with Gasteiger partial charge >= 0.3 is 0 Å². The molecule has 2 heteroatoms. The van der Waals surface area contributed by atoms with Crippen molar-refractivity contribution in [2.45, 2.75) is 39.2 Å². The summed E-state index contributed by atoms with van der Waals surface area (Å²) in [5.41, 5.74) is 0.303. The minimum atomic E-state index is 0.0791. The van der Waals surface area contributed by atoms with Crippen LogP contribution in [0.2, 0.25) is 0 Å². The maximum absolute atomic E-state index is 8.67. The van der Waals surface area contributed by atoms with Crippen LogP contribution in [0.5, 0.6) is 0 Å². The van der Waals surface area contributed by atoms with Crippen LogP contribution in [0, 0.1) is 5.41 Å². The van der Waals surface area contributed by atoms with Gasteiger partial charge in [0, 0.05) is 6.61 Å². The van der Waals surface area contributed by atoms with Crippen molar-refractivity contribution in [2.24, 2.45) is 5.41 Å². The van der Waals surface area contributed by atoms with Gasteiger partial charge in [0.2, 0.25) is 0 Å². The topological polar surface area (TPSA) is 32.8 Å². The number of rotatable bonds is 3. The summed E-state index contributed by atoms with van der Waals surface area (Å²) >= 11 is 0.